The Morgan fingerprint density at radius 1 is 1.32 bits per heavy atom. The van der Waals surface area contributed by atoms with Crippen molar-refractivity contribution in [1.29, 1.82) is 0 Å². The van der Waals surface area contributed by atoms with E-state index >= 15 is 0 Å². The summed E-state index contributed by atoms with van der Waals surface area (Å²) in [6.07, 6.45) is 4.00. The zero-order chi connectivity index (χ0) is 13.7. The number of amides is 1. The second kappa shape index (κ2) is 6.45. The number of benzene rings is 1. The molecule has 1 aliphatic carbocycles. The molecule has 0 aromatic heterocycles. The molecule has 2 rings (SSSR count). The van der Waals surface area contributed by atoms with E-state index in [2.05, 4.69) is 5.32 Å². The Kier molecular flexibility index (Phi) is 4.66. The number of nitrogens with one attached hydrogen (secondary N) is 1. The van der Waals surface area contributed by atoms with Crippen LogP contribution in [0.2, 0.25) is 0 Å². The van der Waals surface area contributed by atoms with Crippen molar-refractivity contribution < 1.29 is 14.3 Å². The van der Waals surface area contributed by atoms with Crippen molar-refractivity contribution in [2.24, 2.45) is 5.92 Å². The van der Waals surface area contributed by atoms with Crippen LogP contribution in [-0.4, -0.2) is 26.7 Å². The van der Waals surface area contributed by atoms with Gasteiger partial charge in [-0.25, -0.2) is 0 Å². The van der Waals surface area contributed by atoms with Crippen molar-refractivity contribution in [3.63, 3.8) is 0 Å². The van der Waals surface area contributed by atoms with E-state index in [0.29, 0.717) is 6.54 Å². The molecule has 1 aromatic rings. The van der Waals surface area contributed by atoms with Crippen molar-refractivity contribution >= 4 is 5.91 Å². The molecule has 0 radical (unpaired) electrons. The quantitative estimate of drug-likeness (QED) is 0.855. The standard InChI is InChI=1S/C15H21NO3/c1-18-13-6-7-14(19-2)12(10-13)8-9-16-15(17)11-4-3-5-11/h6-7,10-11H,3-5,8-9H2,1-2H3,(H,16,17). The molecular formula is C15H21NO3. The number of methoxy groups -OCH3 is 2. The molecule has 1 aliphatic rings. The molecule has 104 valence electrons. The average molecular weight is 263 g/mol. The van der Waals surface area contributed by atoms with E-state index in [1.54, 1.807) is 14.2 Å². The minimum absolute atomic E-state index is 0.188. The largest absolute Gasteiger partial charge is 0.497 e. The van der Waals surface area contributed by atoms with Gasteiger partial charge in [0, 0.05) is 12.5 Å². The summed E-state index contributed by atoms with van der Waals surface area (Å²) in [5.74, 6) is 2.07. The topological polar surface area (TPSA) is 47.6 Å². The van der Waals surface area contributed by atoms with E-state index in [0.717, 1.165) is 36.3 Å². The summed E-state index contributed by atoms with van der Waals surface area (Å²) in [5, 5.41) is 2.99. The number of ether oxygens (including phenoxy) is 2. The van der Waals surface area contributed by atoms with Gasteiger partial charge in [0.2, 0.25) is 5.91 Å². The lowest BCUT2D eigenvalue weighted by Gasteiger charge is -2.24. The molecule has 0 unspecified atom stereocenters. The molecule has 1 fully saturated rings. The Labute approximate surface area is 114 Å². The molecule has 1 amide bonds. The normalized spacial score (nSPS) is 14.6. The molecule has 4 nitrogen and oxygen atoms in total. The summed E-state index contributed by atoms with van der Waals surface area (Å²) >= 11 is 0. The minimum Gasteiger partial charge on any atom is -0.497 e. The first kappa shape index (κ1) is 13.7. The first-order valence-corrected chi connectivity index (χ1v) is 6.73. The van der Waals surface area contributed by atoms with Gasteiger partial charge in [-0.1, -0.05) is 6.42 Å². The Hall–Kier alpha value is -1.71. The van der Waals surface area contributed by atoms with Gasteiger partial charge in [0.25, 0.3) is 0 Å². The van der Waals surface area contributed by atoms with Crippen LogP contribution in [0, 0.1) is 5.92 Å². The predicted octanol–water partition coefficient (Wildman–Crippen LogP) is 2.16. The van der Waals surface area contributed by atoms with Gasteiger partial charge in [-0.05, 0) is 43.0 Å². The number of rotatable bonds is 6. The van der Waals surface area contributed by atoms with E-state index in [1.807, 2.05) is 18.2 Å². The molecule has 19 heavy (non-hydrogen) atoms. The van der Waals surface area contributed by atoms with Crippen molar-refractivity contribution in [1.82, 2.24) is 5.32 Å². The number of hydrogen-bond acceptors (Lipinski definition) is 3. The lowest BCUT2D eigenvalue weighted by atomic mass is 9.85. The van der Waals surface area contributed by atoms with Crippen molar-refractivity contribution in [3.05, 3.63) is 23.8 Å². The zero-order valence-electron chi connectivity index (χ0n) is 11.6. The van der Waals surface area contributed by atoms with E-state index in [1.165, 1.54) is 6.42 Å². The lowest BCUT2D eigenvalue weighted by molar-refractivity contribution is -0.127. The third kappa shape index (κ3) is 3.40. The van der Waals surface area contributed by atoms with Crippen LogP contribution in [0.25, 0.3) is 0 Å². The Morgan fingerprint density at radius 3 is 2.68 bits per heavy atom. The third-order valence-electron chi connectivity index (χ3n) is 3.66. The van der Waals surface area contributed by atoms with Crippen LogP contribution in [-0.2, 0) is 11.2 Å². The molecule has 1 aromatic carbocycles. The van der Waals surface area contributed by atoms with Crippen LogP contribution in [0.1, 0.15) is 24.8 Å². The molecule has 1 saturated carbocycles. The van der Waals surface area contributed by atoms with E-state index in [9.17, 15) is 4.79 Å². The summed E-state index contributed by atoms with van der Waals surface area (Å²) in [6.45, 7) is 0.638. The maximum atomic E-state index is 11.7. The summed E-state index contributed by atoms with van der Waals surface area (Å²) in [4.78, 5) is 11.7. The smallest absolute Gasteiger partial charge is 0.223 e. The van der Waals surface area contributed by atoms with Crippen LogP contribution in [0.5, 0.6) is 11.5 Å². The molecule has 0 bridgehead atoms. The van der Waals surface area contributed by atoms with Gasteiger partial charge in [-0.15, -0.1) is 0 Å². The summed E-state index contributed by atoms with van der Waals surface area (Å²) in [7, 11) is 3.29. The number of carbonyl (C=O) groups is 1. The van der Waals surface area contributed by atoms with E-state index in [-0.39, 0.29) is 11.8 Å². The van der Waals surface area contributed by atoms with Gasteiger partial charge in [0.05, 0.1) is 14.2 Å². The van der Waals surface area contributed by atoms with Gasteiger partial charge in [-0.2, -0.15) is 0 Å². The molecule has 0 heterocycles. The van der Waals surface area contributed by atoms with E-state index < -0.39 is 0 Å². The van der Waals surface area contributed by atoms with Gasteiger partial charge in [0.15, 0.2) is 0 Å². The lowest BCUT2D eigenvalue weighted by Crippen LogP contribution is -2.35. The van der Waals surface area contributed by atoms with Gasteiger partial charge < -0.3 is 14.8 Å². The third-order valence-corrected chi connectivity index (χ3v) is 3.66. The fraction of sp³-hybridized carbons (Fsp3) is 0.533. The molecule has 0 spiro atoms. The van der Waals surface area contributed by atoms with Crippen molar-refractivity contribution in [2.45, 2.75) is 25.7 Å². The van der Waals surface area contributed by atoms with Gasteiger partial charge >= 0.3 is 0 Å². The second-order valence-corrected chi connectivity index (χ2v) is 4.85. The Bertz CT molecular complexity index is 441. The molecule has 0 saturated heterocycles. The number of carbonyl (C=O) groups excluding carboxylic acids is 1. The van der Waals surface area contributed by atoms with Crippen LogP contribution in [0.15, 0.2) is 18.2 Å². The van der Waals surface area contributed by atoms with Crippen LogP contribution >= 0.6 is 0 Å². The van der Waals surface area contributed by atoms with Crippen molar-refractivity contribution in [2.75, 3.05) is 20.8 Å². The predicted molar refractivity (Wildman–Crippen MR) is 73.6 cm³/mol. The molecule has 4 heteroatoms. The fourth-order valence-electron chi connectivity index (χ4n) is 2.21. The maximum Gasteiger partial charge on any atom is 0.223 e. The fourth-order valence-corrected chi connectivity index (χ4v) is 2.21. The summed E-state index contributed by atoms with van der Waals surface area (Å²) in [6, 6.07) is 5.71. The summed E-state index contributed by atoms with van der Waals surface area (Å²) < 4.78 is 10.5. The van der Waals surface area contributed by atoms with Crippen LogP contribution < -0.4 is 14.8 Å². The molecule has 1 N–H and O–H groups in total. The highest BCUT2D eigenvalue weighted by molar-refractivity contribution is 5.79. The molecule has 0 atom stereocenters. The van der Waals surface area contributed by atoms with E-state index in [4.69, 9.17) is 9.47 Å². The van der Waals surface area contributed by atoms with Gasteiger partial charge in [0.1, 0.15) is 11.5 Å². The first-order valence-electron chi connectivity index (χ1n) is 6.73. The first-order chi connectivity index (χ1) is 9.24. The maximum absolute atomic E-state index is 11.7. The molecule has 0 aliphatic heterocycles. The number of hydrogen-bond donors (Lipinski definition) is 1. The highest BCUT2D eigenvalue weighted by Crippen LogP contribution is 2.26. The highest BCUT2D eigenvalue weighted by atomic mass is 16.5. The Morgan fingerprint density at radius 2 is 2.11 bits per heavy atom. The monoisotopic (exact) mass is 263 g/mol. The summed E-state index contributed by atoms with van der Waals surface area (Å²) in [5.41, 5.74) is 1.05. The highest BCUT2D eigenvalue weighted by Gasteiger charge is 2.24. The molecular weight excluding hydrogens is 242 g/mol. The average Bonchev–Trinajstić information content (AvgIpc) is 2.36. The zero-order valence-corrected chi connectivity index (χ0v) is 11.6. The van der Waals surface area contributed by atoms with Crippen LogP contribution in [0.4, 0.5) is 0 Å². The SMILES string of the molecule is COc1ccc(OC)c(CCNC(=O)C2CCC2)c1. The minimum atomic E-state index is 0.188. The second-order valence-electron chi connectivity index (χ2n) is 4.85. The van der Waals surface area contributed by atoms with Crippen LogP contribution in [0.3, 0.4) is 0 Å². The van der Waals surface area contributed by atoms with Gasteiger partial charge in [-0.3, -0.25) is 4.79 Å². The Balaban J connectivity index is 1.88. The van der Waals surface area contributed by atoms with Crippen molar-refractivity contribution in [3.8, 4) is 11.5 Å².